The Hall–Kier alpha value is -1.83. The SMILES string of the molecule is Cc1c(N)cc(F)cc1Cc1ccccc1. The summed E-state index contributed by atoms with van der Waals surface area (Å²) in [6.07, 6.45) is 0.717. The number of halogens is 1. The largest absolute Gasteiger partial charge is 0.398 e. The van der Waals surface area contributed by atoms with E-state index in [1.165, 1.54) is 6.07 Å². The van der Waals surface area contributed by atoms with Gasteiger partial charge in [-0.2, -0.15) is 0 Å². The van der Waals surface area contributed by atoms with Crippen LogP contribution in [-0.2, 0) is 6.42 Å². The lowest BCUT2D eigenvalue weighted by Gasteiger charge is -2.09. The van der Waals surface area contributed by atoms with Gasteiger partial charge in [0.25, 0.3) is 0 Å². The molecule has 2 heteroatoms. The number of nitrogen functional groups attached to an aromatic ring is 1. The number of anilines is 1. The lowest BCUT2D eigenvalue weighted by Crippen LogP contribution is -1.98. The minimum atomic E-state index is -0.269. The standard InChI is InChI=1S/C14H14FN/c1-10-12(8-13(15)9-14(10)16)7-11-5-3-2-4-6-11/h2-6,8-9H,7,16H2,1H3. The lowest BCUT2D eigenvalue weighted by molar-refractivity contribution is 0.626. The van der Waals surface area contributed by atoms with Gasteiger partial charge in [-0.05, 0) is 42.2 Å². The molecule has 2 rings (SSSR count). The van der Waals surface area contributed by atoms with Crippen molar-refractivity contribution in [3.63, 3.8) is 0 Å². The molecule has 82 valence electrons. The van der Waals surface area contributed by atoms with Crippen LogP contribution in [0.1, 0.15) is 16.7 Å². The molecule has 0 aliphatic carbocycles. The van der Waals surface area contributed by atoms with Crippen LogP contribution < -0.4 is 5.73 Å². The van der Waals surface area contributed by atoms with Crippen LogP contribution >= 0.6 is 0 Å². The summed E-state index contributed by atoms with van der Waals surface area (Å²) < 4.78 is 13.2. The average Bonchev–Trinajstić information content (AvgIpc) is 2.27. The molecule has 0 unspecified atom stereocenters. The van der Waals surface area contributed by atoms with Gasteiger partial charge in [-0.25, -0.2) is 4.39 Å². The molecule has 2 aromatic rings. The molecule has 0 atom stereocenters. The van der Waals surface area contributed by atoms with E-state index in [0.717, 1.165) is 16.7 Å². The molecule has 0 aromatic heterocycles. The van der Waals surface area contributed by atoms with Gasteiger partial charge in [0.15, 0.2) is 0 Å². The molecule has 1 nitrogen and oxygen atoms in total. The van der Waals surface area contributed by atoms with Gasteiger partial charge in [-0.3, -0.25) is 0 Å². The monoisotopic (exact) mass is 215 g/mol. The van der Waals surface area contributed by atoms with Crippen LogP contribution in [0.4, 0.5) is 10.1 Å². The number of hydrogen-bond donors (Lipinski definition) is 1. The van der Waals surface area contributed by atoms with Crippen molar-refractivity contribution in [2.45, 2.75) is 13.3 Å². The first-order chi connectivity index (χ1) is 7.66. The Morgan fingerprint density at radius 3 is 2.50 bits per heavy atom. The Labute approximate surface area is 94.7 Å². The first kappa shape index (κ1) is 10.7. The summed E-state index contributed by atoms with van der Waals surface area (Å²) in [4.78, 5) is 0. The summed E-state index contributed by atoms with van der Waals surface area (Å²) in [5, 5.41) is 0. The van der Waals surface area contributed by atoms with Crippen LogP contribution in [0.25, 0.3) is 0 Å². The van der Waals surface area contributed by atoms with E-state index in [0.29, 0.717) is 12.1 Å². The van der Waals surface area contributed by atoms with Gasteiger partial charge in [-0.15, -0.1) is 0 Å². The highest BCUT2D eigenvalue weighted by molar-refractivity contribution is 5.51. The maximum atomic E-state index is 13.2. The predicted octanol–water partition coefficient (Wildman–Crippen LogP) is 3.31. The van der Waals surface area contributed by atoms with Gasteiger partial charge < -0.3 is 5.73 Å². The molecule has 0 radical (unpaired) electrons. The number of hydrogen-bond acceptors (Lipinski definition) is 1. The smallest absolute Gasteiger partial charge is 0.125 e. The highest BCUT2D eigenvalue weighted by Gasteiger charge is 2.05. The highest BCUT2D eigenvalue weighted by Crippen LogP contribution is 2.20. The quantitative estimate of drug-likeness (QED) is 0.764. The highest BCUT2D eigenvalue weighted by atomic mass is 19.1. The van der Waals surface area contributed by atoms with E-state index in [4.69, 9.17) is 5.73 Å². The third-order valence-electron chi connectivity index (χ3n) is 2.76. The van der Waals surface area contributed by atoms with Crippen LogP contribution in [0.2, 0.25) is 0 Å². The molecule has 2 aromatic carbocycles. The van der Waals surface area contributed by atoms with Crippen LogP contribution in [-0.4, -0.2) is 0 Å². The maximum Gasteiger partial charge on any atom is 0.125 e. The van der Waals surface area contributed by atoms with Crippen molar-refractivity contribution >= 4 is 5.69 Å². The molecular weight excluding hydrogens is 201 g/mol. The fourth-order valence-corrected chi connectivity index (χ4v) is 1.76. The minimum Gasteiger partial charge on any atom is -0.398 e. The molecule has 0 saturated carbocycles. The number of benzene rings is 2. The Kier molecular flexibility index (Phi) is 2.91. The molecule has 2 N–H and O–H groups in total. The second-order valence-corrected chi connectivity index (χ2v) is 3.94. The maximum absolute atomic E-state index is 13.2. The minimum absolute atomic E-state index is 0.269. The normalized spacial score (nSPS) is 10.4. The van der Waals surface area contributed by atoms with Crippen molar-refractivity contribution in [1.29, 1.82) is 0 Å². The number of nitrogens with two attached hydrogens (primary N) is 1. The van der Waals surface area contributed by atoms with Crippen molar-refractivity contribution < 1.29 is 4.39 Å². The van der Waals surface area contributed by atoms with Crippen LogP contribution in [0, 0.1) is 12.7 Å². The second-order valence-electron chi connectivity index (χ2n) is 3.94. The predicted molar refractivity (Wildman–Crippen MR) is 64.8 cm³/mol. The summed E-state index contributed by atoms with van der Waals surface area (Å²) in [6, 6.07) is 12.9. The molecular formula is C14H14FN. The molecule has 0 aliphatic heterocycles. The molecule has 0 spiro atoms. The Bertz CT molecular complexity index is 492. The second kappa shape index (κ2) is 4.35. The van der Waals surface area contributed by atoms with Gasteiger partial charge in [0.1, 0.15) is 5.82 Å². The molecule has 0 bridgehead atoms. The molecule has 0 heterocycles. The Balaban J connectivity index is 2.35. The summed E-state index contributed by atoms with van der Waals surface area (Å²) >= 11 is 0. The van der Waals surface area contributed by atoms with Gasteiger partial charge in [-0.1, -0.05) is 30.3 Å². The summed E-state index contributed by atoms with van der Waals surface area (Å²) in [5.74, 6) is -0.269. The zero-order valence-electron chi connectivity index (χ0n) is 9.20. The van der Waals surface area contributed by atoms with Gasteiger partial charge in [0, 0.05) is 5.69 Å². The molecule has 0 saturated heterocycles. The zero-order chi connectivity index (χ0) is 11.5. The van der Waals surface area contributed by atoms with E-state index in [1.54, 1.807) is 6.07 Å². The van der Waals surface area contributed by atoms with Gasteiger partial charge in [0.2, 0.25) is 0 Å². The summed E-state index contributed by atoms with van der Waals surface area (Å²) in [5.41, 5.74) is 9.33. The fraction of sp³-hybridized carbons (Fsp3) is 0.143. The van der Waals surface area contributed by atoms with Crippen molar-refractivity contribution in [3.05, 3.63) is 65.0 Å². The Morgan fingerprint density at radius 1 is 1.12 bits per heavy atom. The van der Waals surface area contributed by atoms with E-state index in [2.05, 4.69) is 0 Å². The third-order valence-corrected chi connectivity index (χ3v) is 2.76. The van der Waals surface area contributed by atoms with Gasteiger partial charge in [0.05, 0.1) is 0 Å². The van der Waals surface area contributed by atoms with E-state index in [-0.39, 0.29) is 5.82 Å². The Morgan fingerprint density at radius 2 is 1.81 bits per heavy atom. The topological polar surface area (TPSA) is 26.0 Å². The van der Waals surface area contributed by atoms with E-state index in [9.17, 15) is 4.39 Å². The lowest BCUT2D eigenvalue weighted by atomic mass is 9.99. The van der Waals surface area contributed by atoms with Crippen LogP contribution in [0.3, 0.4) is 0 Å². The average molecular weight is 215 g/mol. The zero-order valence-corrected chi connectivity index (χ0v) is 9.20. The first-order valence-corrected chi connectivity index (χ1v) is 5.25. The van der Waals surface area contributed by atoms with E-state index in [1.807, 2.05) is 37.3 Å². The molecule has 0 aliphatic rings. The fourth-order valence-electron chi connectivity index (χ4n) is 1.76. The third kappa shape index (κ3) is 2.22. The van der Waals surface area contributed by atoms with Crippen LogP contribution in [0.15, 0.2) is 42.5 Å². The molecule has 0 fully saturated rings. The molecule has 16 heavy (non-hydrogen) atoms. The van der Waals surface area contributed by atoms with Crippen molar-refractivity contribution in [3.8, 4) is 0 Å². The molecule has 0 amide bonds. The van der Waals surface area contributed by atoms with E-state index < -0.39 is 0 Å². The first-order valence-electron chi connectivity index (χ1n) is 5.25. The van der Waals surface area contributed by atoms with E-state index >= 15 is 0 Å². The number of rotatable bonds is 2. The van der Waals surface area contributed by atoms with Crippen molar-refractivity contribution in [1.82, 2.24) is 0 Å². The van der Waals surface area contributed by atoms with Crippen molar-refractivity contribution in [2.75, 3.05) is 5.73 Å². The summed E-state index contributed by atoms with van der Waals surface area (Å²) in [6.45, 7) is 1.92. The van der Waals surface area contributed by atoms with Crippen LogP contribution in [0.5, 0.6) is 0 Å². The summed E-state index contributed by atoms with van der Waals surface area (Å²) in [7, 11) is 0. The van der Waals surface area contributed by atoms with Gasteiger partial charge >= 0.3 is 0 Å². The van der Waals surface area contributed by atoms with Crippen molar-refractivity contribution in [2.24, 2.45) is 0 Å².